The van der Waals surface area contributed by atoms with Crippen molar-refractivity contribution in [3.63, 3.8) is 0 Å². The molecule has 0 saturated heterocycles. The Kier molecular flexibility index (Phi) is 3.66. The topological polar surface area (TPSA) is 55.1 Å². The van der Waals surface area contributed by atoms with E-state index in [1.807, 2.05) is 12.1 Å². The van der Waals surface area contributed by atoms with Gasteiger partial charge in [0, 0.05) is 16.1 Å². The fraction of sp³-hybridized carbons (Fsp3) is 0.471. The first-order chi connectivity index (χ1) is 9.99. The molecule has 3 unspecified atom stereocenters. The molecule has 1 aliphatic carbocycles. The number of hydrogen-bond donors (Lipinski definition) is 2. The predicted molar refractivity (Wildman–Crippen MR) is 89.8 cm³/mol. The fourth-order valence-corrected chi connectivity index (χ4v) is 4.34. The molecule has 1 fully saturated rings. The minimum atomic E-state index is -0.0148. The van der Waals surface area contributed by atoms with E-state index in [2.05, 4.69) is 32.2 Å². The van der Waals surface area contributed by atoms with Crippen LogP contribution in [-0.2, 0) is 0 Å². The van der Waals surface area contributed by atoms with Gasteiger partial charge in [-0.1, -0.05) is 32.0 Å². The smallest absolute Gasteiger partial charge is 0.263 e. The Morgan fingerprint density at radius 3 is 2.71 bits per heavy atom. The van der Waals surface area contributed by atoms with Gasteiger partial charge in [0.05, 0.1) is 5.69 Å². The third-order valence-corrected chi connectivity index (χ3v) is 6.29. The quantitative estimate of drug-likeness (QED) is 0.882. The SMILES string of the molecule is Cc1cccc2c(N)c(C(=O)NC3CCC(C)C3C)sc12. The molecule has 1 heterocycles. The molecule has 4 heteroatoms. The summed E-state index contributed by atoms with van der Waals surface area (Å²) in [5.74, 6) is 1.20. The summed E-state index contributed by atoms with van der Waals surface area (Å²) in [4.78, 5) is 13.2. The van der Waals surface area contributed by atoms with Crippen molar-refractivity contribution in [3.8, 4) is 0 Å². The first-order valence-corrected chi connectivity index (χ1v) is 8.39. The molecule has 3 rings (SSSR count). The highest BCUT2D eigenvalue weighted by molar-refractivity contribution is 7.21. The summed E-state index contributed by atoms with van der Waals surface area (Å²) < 4.78 is 1.12. The minimum Gasteiger partial charge on any atom is -0.397 e. The van der Waals surface area contributed by atoms with Gasteiger partial charge in [0.15, 0.2) is 0 Å². The Labute approximate surface area is 129 Å². The second-order valence-corrected chi connectivity index (χ2v) is 7.31. The molecule has 0 radical (unpaired) electrons. The maximum Gasteiger partial charge on any atom is 0.263 e. The van der Waals surface area contributed by atoms with Gasteiger partial charge in [-0.25, -0.2) is 0 Å². The van der Waals surface area contributed by atoms with Crippen molar-refractivity contribution in [2.45, 2.75) is 39.7 Å². The summed E-state index contributed by atoms with van der Waals surface area (Å²) >= 11 is 1.51. The lowest BCUT2D eigenvalue weighted by molar-refractivity contribution is 0.0932. The molecule has 3 atom stereocenters. The van der Waals surface area contributed by atoms with Crippen molar-refractivity contribution < 1.29 is 4.79 Å². The fourth-order valence-electron chi connectivity index (χ4n) is 3.25. The van der Waals surface area contributed by atoms with E-state index in [0.29, 0.717) is 22.4 Å². The van der Waals surface area contributed by atoms with E-state index in [0.717, 1.165) is 16.5 Å². The van der Waals surface area contributed by atoms with Crippen LogP contribution in [0.4, 0.5) is 5.69 Å². The minimum absolute atomic E-state index is 0.0148. The molecule has 1 saturated carbocycles. The highest BCUT2D eigenvalue weighted by atomic mass is 32.1. The number of nitrogens with two attached hydrogens (primary N) is 1. The molecule has 112 valence electrons. The van der Waals surface area contributed by atoms with Crippen LogP contribution in [-0.4, -0.2) is 11.9 Å². The van der Waals surface area contributed by atoms with Crippen molar-refractivity contribution >= 4 is 33.0 Å². The Morgan fingerprint density at radius 2 is 2.10 bits per heavy atom. The Bertz CT molecular complexity index is 691. The number of hydrogen-bond acceptors (Lipinski definition) is 3. The van der Waals surface area contributed by atoms with Crippen LogP contribution >= 0.6 is 11.3 Å². The number of nitrogen functional groups attached to an aromatic ring is 1. The monoisotopic (exact) mass is 302 g/mol. The van der Waals surface area contributed by atoms with Crippen LogP contribution < -0.4 is 11.1 Å². The maximum atomic E-state index is 12.6. The Morgan fingerprint density at radius 1 is 1.33 bits per heavy atom. The highest BCUT2D eigenvalue weighted by Crippen LogP contribution is 2.36. The zero-order valence-electron chi connectivity index (χ0n) is 12.8. The number of carbonyl (C=O) groups is 1. The summed E-state index contributed by atoms with van der Waals surface area (Å²) in [6, 6.07) is 6.31. The van der Waals surface area contributed by atoms with Gasteiger partial charge >= 0.3 is 0 Å². The number of carbonyl (C=O) groups excluding carboxylic acids is 1. The van der Waals surface area contributed by atoms with Crippen molar-refractivity contribution in [1.29, 1.82) is 0 Å². The zero-order chi connectivity index (χ0) is 15.1. The van der Waals surface area contributed by atoms with Crippen LogP contribution in [0.1, 0.15) is 41.9 Å². The molecule has 0 spiro atoms. The van der Waals surface area contributed by atoms with E-state index in [4.69, 9.17) is 5.73 Å². The number of amides is 1. The van der Waals surface area contributed by atoms with E-state index in [1.165, 1.54) is 23.3 Å². The summed E-state index contributed by atoms with van der Waals surface area (Å²) in [5.41, 5.74) is 7.99. The van der Waals surface area contributed by atoms with E-state index >= 15 is 0 Å². The molecule has 2 aromatic rings. The molecule has 3 nitrogen and oxygen atoms in total. The molecule has 0 aliphatic heterocycles. The summed E-state index contributed by atoms with van der Waals surface area (Å²) in [7, 11) is 0. The third kappa shape index (κ3) is 2.42. The van der Waals surface area contributed by atoms with Crippen molar-refractivity contribution in [2.24, 2.45) is 11.8 Å². The van der Waals surface area contributed by atoms with E-state index < -0.39 is 0 Å². The van der Waals surface area contributed by atoms with Crippen LogP contribution in [0, 0.1) is 18.8 Å². The van der Waals surface area contributed by atoms with Crippen LogP contribution in [0.5, 0.6) is 0 Å². The maximum absolute atomic E-state index is 12.6. The van der Waals surface area contributed by atoms with Crippen LogP contribution in [0.2, 0.25) is 0 Å². The van der Waals surface area contributed by atoms with Crippen LogP contribution in [0.3, 0.4) is 0 Å². The molecule has 1 aromatic carbocycles. The average molecular weight is 302 g/mol. The summed E-state index contributed by atoms with van der Waals surface area (Å²) in [6.07, 6.45) is 2.25. The van der Waals surface area contributed by atoms with Crippen molar-refractivity contribution in [1.82, 2.24) is 5.32 Å². The molecule has 1 aliphatic rings. The van der Waals surface area contributed by atoms with Crippen molar-refractivity contribution in [2.75, 3.05) is 5.73 Å². The number of rotatable bonds is 2. The molecule has 3 N–H and O–H groups in total. The summed E-state index contributed by atoms with van der Waals surface area (Å²) in [6.45, 7) is 6.54. The lowest BCUT2D eigenvalue weighted by Gasteiger charge is -2.19. The van der Waals surface area contributed by atoms with Crippen LogP contribution in [0.15, 0.2) is 18.2 Å². The number of aryl methyl sites for hydroxylation is 1. The first kappa shape index (κ1) is 14.4. The Balaban J connectivity index is 1.88. The standard InChI is InChI=1S/C17H22N2OS/c1-9-7-8-13(11(9)3)19-17(20)16-14(18)12-6-4-5-10(2)15(12)21-16/h4-6,9,11,13H,7-8,18H2,1-3H3,(H,19,20). The third-order valence-electron chi connectivity index (χ3n) is 4.94. The average Bonchev–Trinajstić information content (AvgIpc) is 2.95. The molecular weight excluding hydrogens is 280 g/mol. The van der Waals surface area contributed by atoms with Gasteiger partial charge in [-0.3, -0.25) is 4.79 Å². The van der Waals surface area contributed by atoms with E-state index in [9.17, 15) is 4.79 Å². The van der Waals surface area contributed by atoms with Gasteiger partial charge < -0.3 is 11.1 Å². The second kappa shape index (κ2) is 5.34. The molecular formula is C17H22N2OS. The second-order valence-electron chi connectivity index (χ2n) is 6.29. The van der Waals surface area contributed by atoms with Gasteiger partial charge in [-0.05, 0) is 37.2 Å². The normalized spacial score (nSPS) is 25.4. The highest BCUT2D eigenvalue weighted by Gasteiger charge is 2.31. The lowest BCUT2D eigenvalue weighted by Crippen LogP contribution is -2.37. The number of fused-ring (bicyclic) bond motifs is 1. The molecule has 1 amide bonds. The lowest BCUT2D eigenvalue weighted by atomic mass is 9.98. The number of benzene rings is 1. The van der Waals surface area contributed by atoms with Crippen molar-refractivity contribution in [3.05, 3.63) is 28.6 Å². The Hall–Kier alpha value is -1.55. The van der Waals surface area contributed by atoms with Crippen LogP contribution in [0.25, 0.3) is 10.1 Å². The largest absolute Gasteiger partial charge is 0.397 e. The molecule has 1 aromatic heterocycles. The van der Waals surface area contributed by atoms with Gasteiger partial charge in [0.2, 0.25) is 0 Å². The van der Waals surface area contributed by atoms with Gasteiger partial charge in [0.25, 0.3) is 5.91 Å². The van der Waals surface area contributed by atoms with Gasteiger partial charge in [0.1, 0.15) is 4.88 Å². The van der Waals surface area contributed by atoms with Gasteiger partial charge in [-0.2, -0.15) is 0 Å². The molecule has 0 bridgehead atoms. The zero-order valence-corrected chi connectivity index (χ0v) is 13.6. The molecule has 21 heavy (non-hydrogen) atoms. The number of thiophene rings is 1. The summed E-state index contributed by atoms with van der Waals surface area (Å²) in [5, 5.41) is 4.19. The van der Waals surface area contributed by atoms with E-state index in [1.54, 1.807) is 0 Å². The number of anilines is 1. The van der Waals surface area contributed by atoms with E-state index in [-0.39, 0.29) is 11.9 Å². The van der Waals surface area contributed by atoms with Gasteiger partial charge in [-0.15, -0.1) is 11.3 Å². The predicted octanol–water partition coefficient (Wildman–Crippen LogP) is 3.96. The first-order valence-electron chi connectivity index (χ1n) is 7.57. The number of nitrogens with one attached hydrogen (secondary N) is 1.